The van der Waals surface area contributed by atoms with E-state index in [0.717, 1.165) is 18.9 Å². The molecule has 3 rings (SSSR count). The molecular weight excluding hydrogens is 333 g/mol. The van der Waals surface area contributed by atoms with Crippen LogP contribution in [0.1, 0.15) is 36.8 Å². The Morgan fingerprint density at radius 3 is 2.28 bits per heavy atom. The number of hydrogen-bond acceptors (Lipinski definition) is 2. The molecule has 0 radical (unpaired) electrons. The lowest BCUT2D eigenvalue weighted by molar-refractivity contribution is -0.138. The topological polar surface area (TPSA) is 49.4 Å². The predicted octanol–water partition coefficient (Wildman–Crippen LogP) is 3.60. The number of likely N-dealkylation sites (tertiary alicyclic amines) is 1. The Hall–Kier alpha value is -2.05. The Bertz CT molecular complexity index is 675. The van der Waals surface area contributed by atoms with E-state index in [1.165, 1.54) is 19.1 Å². The van der Waals surface area contributed by atoms with Crippen LogP contribution in [0.3, 0.4) is 0 Å². The van der Waals surface area contributed by atoms with Gasteiger partial charge >= 0.3 is 6.18 Å². The highest BCUT2D eigenvalue weighted by molar-refractivity contribution is 5.93. The molecule has 0 bridgehead atoms. The zero-order chi connectivity index (χ0) is 18.2. The largest absolute Gasteiger partial charge is 0.416 e. The molecule has 0 unspecified atom stereocenters. The fraction of sp³-hybridized carbons (Fsp3) is 0.556. The fourth-order valence-electron chi connectivity index (χ4n) is 3.20. The minimum atomic E-state index is -4.45. The van der Waals surface area contributed by atoms with E-state index in [4.69, 9.17) is 0 Å². The summed E-state index contributed by atoms with van der Waals surface area (Å²) in [6.45, 7) is 2.46. The van der Waals surface area contributed by atoms with Gasteiger partial charge in [-0.25, -0.2) is 0 Å². The van der Waals surface area contributed by atoms with E-state index in [0.29, 0.717) is 25.9 Å². The van der Waals surface area contributed by atoms with Crippen molar-refractivity contribution >= 4 is 17.5 Å². The Balaban J connectivity index is 1.59. The Kier molecular flexibility index (Phi) is 4.75. The Morgan fingerprint density at radius 2 is 1.72 bits per heavy atom. The normalized spacial score (nSPS) is 19.0. The molecule has 1 aromatic rings. The van der Waals surface area contributed by atoms with Gasteiger partial charge in [-0.1, -0.05) is 6.07 Å². The van der Waals surface area contributed by atoms with Gasteiger partial charge in [0.15, 0.2) is 0 Å². The van der Waals surface area contributed by atoms with Crippen molar-refractivity contribution in [1.29, 1.82) is 0 Å². The van der Waals surface area contributed by atoms with Crippen LogP contribution in [0.5, 0.6) is 0 Å². The van der Waals surface area contributed by atoms with Gasteiger partial charge in [-0.2, -0.15) is 13.2 Å². The lowest BCUT2D eigenvalue weighted by Gasteiger charge is -2.31. The number of rotatable bonds is 3. The minimum Gasteiger partial charge on any atom is -0.342 e. The van der Waals surface area contributed by atoms with Gasteiger partial charge in [-0.15, -0.1) is 0 Å². The van der Waals surface area contributed by atoms with Gasteiger partial charge in [0.2, 0.25) is 11.8 Å². The molecule has 2 fully saturated rings. The number of benzene rings is 1. The fourth-order valence-corrected chi connectivity index (χ4v) is 3.20. The Labute approximate surface area is 144 Å². The van der Waals surface area contributed by atoms with Gasteiger partial charge < -0.3 is 10.2 Å². The monoisotopic (exact) mass is 354 g/mol. The smallest absolute Gasteiger partial charge is 0.342 e. The molecule has 0 atom stereocenters. The summed E-state index contributed by atoms with van der Waals surface area (Å²) in [7, 11) is 0. The molecule has 1 heterocycles. The average Bonchev–Trinajstić information content (AvgIpc) is 3.40. The molecule has 1 saturated carbocycles. The van der Waals surface area contributed by atoms with E-state index in [1.807, 2.05) is 0 Å². The second-order valence-corrected chi connectivity index (χ2v) is 6.89. The molecule has 1 aromatic carbocycles. The summed E-state index contributed by atoms with van der Waals surface area (Å²) in [5.74, 6) is -0.222. The van der Waals surface area contributed by atoms with Gasteiger partial charge in [0.25, 0.3) is 0 Å². The number of halogens is 3. The number of amides is 2. The highest BCUT2D eigenvalue weighted by Crippen LogP contribution is 2.34. The van der Waals surface area contributed by atoms with Crippen molar-refractivity contribution in [3.8, 4) is 0 Å². The number of aryl methyl sites for hydroxylation is 1. The first-order valence-electron chi connectivity index (χ1n) is 8.53. The van der Waals surface area contributed by atoms with Crippen molar-refractivity contribution in [2.45, 2.75) is 38.8 Å². The zero-order valence-electron chi connectivity index (χ0n) is 14.0. The summed E-state index contributed by atoms with van der Waals surface area (Å²) in [6, 6.07) is 3.81. The highest BCUT2D eigenvalue weighted by Gasteiger charge is 2.36. The third-order valence-electron chi connectivity index (χ3n) is 4.91. The SMILES string of the molecule is Cc1ccc(NC(=O)C2CCN(C(=O)C3CC3)CC2)cc1C(F)(F)F. The van der Waals surface area contributed by atoms with Crippen molar-refractivity contribution in [3.63, 3.8) is 0 Å². The van der Waals surface area contributed by atoms with Crippen LogP contribution in [0.2, 0.25) is 0 Å². The van der Waals surface area contributed by atoms with Gasteiger partial charge in [0, 0.05) is 30.6 Å². The number of carbonyl (C=O) groups is 2. The summed E-state index contributed by atoms with van der Waals surface area (Å²) >= 11 is 0. The van der Waals surface area contributed by atoms with E-state index in [1.54, 1.807) is 4.90 Å². The Morgan fingerprint density at radius 1 is 1.08 bits per heavy atom. The van der Waals surface area contributed by atoms with Crippen LogP contribution in [0, 0.1) is 18.8 Å². The number of alkyl halides is 3. The maximum Gasteiger partial charge on any atom is 0.416 e. The maximum absolute atomic E-state index is 13.0. The third kappa shape index (κ3) is 4.14. The number of piperidine rings is 1. The second-order valence-electron chi connectivity index (χ2n) is 6.89. The first-order chi connectivity index (χ1) is 11.8. The molecule has 1 aliphatic heterocycles. The van der Waals surface area contributed by atoms with Gasteiger partial charge in [0.1, 0.15) is 0 Å². The van der Waals surface area contributed by atoms with E-state index in [2.05, 4.69) is 5.32 Å². The lowest BCUT2D eigenvalue weighted by atomic mass is 9.95. The lowest BCUT2D eigenvalue weighted by Crippen LogP contribution is -2.42. The van der Waals surface area contributed by atoms with Gasteiger partial charge in [-0.3, -0.25) is 9.59 Å². The summed E-state index contributed by atoms with van der Waals surface area (Å²) < 4.78 is 38.9. The van der Waals surface area contributed by atoms with Crippen LogP contribution in [-0.2, 0) is 15.8 Å². The van der Waals surface area contributed by atoms with Crippen molar-refractivity contribution in [1.82, 2.24) is 4.90 Å². The summed E-state index contributed by atoms with van der Waals surface area (Å²) in [5, 5.41) is 2.59. The van der Waals surface area contributed by atoms with Crippen LogP contribution < -0.4 is 5.32 Å². The quantitative estimate of drug-likeness (QED) is 0.902. The van der Waals surface area contributed by atoms with Crippen LogP contribution in [0.15, 0.2) is 18.2 Å². The molecule has 136 valence electrons. The predicted molar refractivity (Wildman–Crippen MR) is 86.8 cm³/mol. The van der Waals surface area contributed by atoms with E-state index in [-0.39, 0.29) is 34.9 Å². The van der Waals surface area contributed by atoms with Gasteiger partial charge in [-0.05, 0) is 50.3 Å². The van der Waals surface area contributed by atoms with E-state index >= 15 is 0 Å². The molecule has 4 nitrogen and oxygen atoms in total. The molecule has 0 aromatic heterocycles. The van der Waals surface area contributed by atoms with Crippen LogP contribution in [-0.4, -0.2) is 29.8 Å². The summed E-state index contributed by atoms with van der Waals surface area (Å²) in [5.41, 5.74) is -0.466. The van der Waals surface area contributed by atoms with Crippen molar-refractivity contribution < 1.29 is 22.8 Å². The van der Waals surface area contributed by atoms with Crippen molar-refractivity contribution in [2.24, 2.45) is 11.8 Å². The standard InChI is InChI=1S/C18H21F3N2O2/c1-11-2-5-14(10-15(11)18(19,20)21)22-16(24)12-6-8-23(9-7-12)17(25)13-3-4-13/h2,5,10,12-13H,3-4,6-9H2,1H3,(H,22,24). The zero-order valence-corrected chi connectivity index (χ0v) is 14.0. The highest BCUT2D eigenvalue weighted by atomic mass is 19.4. The van der Waals surface area contributed by atoms with E-state index < -0.39 is 11.7 Å². The maximum atomic E-state index is 13.0. The second kappa shape index (κ2) is 6.69. The number of nitrogens with zero attached hydrogens (tertiary/aromatic N) is 1. The molecule has 2 aliphatic rings. The minimum absolute atomic E-state index is 0.123. The van der Waals surface area contributed by atoms with Crippen LogP contribution >= 0.6 is 0 Å². The molecular formula is C18H21F3N2O2. The first kappa shape index (κ1) is 17.8. The van der Waals surface area contributed by atoms with Crippen LogP contribution in [0.4, 0.5) is 18.9 Å². The summed E-state index contributed by atoms with van der Waals surface area (Å²) in [4.78, 5) is 26.2. The first-order valence-corrected chi connectivity index (χ1v) is 8.53. The number of anilines is 1. The molecule has 1 N–H and O–H groups in total. The molecule has 1 saturated heterocycles. The average molecular weight is 354 g/mol. The molecule has 0 spiro atoms. The molecule has 2 amide bonds. The van der Waals surface area contributed by atoms with Gasteiger partial charge in [0.05, 0.1) is 5.56 Å². The number of carbonyl (C=O) groups excluding carboxylic acids is 2. The molecule has 1 aliphatic carbocycles. The summed E-state index contributed by atoms with van der Waals surface area (Å²) in [6.07, 6.45) is -1.45. The van der Waals surface area contributed by atoms with Crippen molar-refractivity contribution in [3.05, 3.63) is 29.3 Å². The van der Waals surface area contributed by atoms with Crippen LogP contribution in [0.25, 0.3) is 0 Å². The molecule has 7 heteroatoms. The third-order valence-corrected chi connectivity index (χ3v) is 4.91. The van der Waals surface area contributed by atoms with E-state index in [9.17, 15) is 22.8 Å². The number of hydrogen-bond donors (Lipinski definition) is 1. The molecule has 25 heavy (non-hydrogen) atoms. The van der Waals surface area contributed by atoms with Crippen molar-refractivity contribution in [2.75, 3.05) is 18.4 Å². The number of nitrogens with one attached hydrogen (secondary N) is 1.